The first-order valence-corrected chi connectivity index (χ1v) is 6.96. The van der Waals surface area contributed by atoms with E-state index < -0.39 is 5.91 Å². The summed E-state index contributed by atoms with van der Waals surface area (Å²) in [5, 5.41) is 8.51. The molecule has 0 aliphatic rings. The second kappa shape index (κ2) is 7.95. The number of hydrogen-bond acceptors (Lipinski definition) is 4. The molecule has 0 saturated heterocycles. The SMILES string of the molecule is O=C(CCCOc1ccc(C(=O)NO)cc1)c1ccccc1. The molecule has 0 heterocycles. The van der Waals surface area contributed by atoms with Gasteiger partial charge in [0.1, 0.15) is 5.75 Å². The molecule has 2 rings (SSSR count). The van der Waals surface area contributed by atoms with Crippen molar-refractivity contribution in [3.8, 4) is 5.75 Å². The third-order valence-corrected chi connectivity index (χ3v) is 3.13. The molecular weight excluding hydrogens is 282 g/mol. The van der Waals surface area contributed by atoms with Crippen LogP contribution in [0, 0.1) is 0 Å². The number of carbonyl (C=O) groups excluding carboxylic acids is 2. The Bertz CT molecular complexity index is 623. The summed E-state index contributed by atoms with van der Waals surface area (Å²) in [6.45, 7) is 0.421. The Balaban J connectivity index is 1.75. The van der Waals surface area contributed by atoms with Gasteiger partial charge in [-0.05, 0) is 30.7 Å². The highest BCUT2D eigenvalue weighted by Crippen LogP contribution is 2.13. The Labute approximate surface area is 128 Å². The predicted molar refractivity (Wildman–Crippen MR) is 81.2 cm³/mol. The number of hydroxylamine groups is 1. The number of nitrogens with one attached hydrogen (secondary N) is 1. The Morgan fingerprint density at radius 3 is 2.27 bits per heavy atom. The Kier molecular flexibility index (Phi) is 5.68. The molecule has 1 amide bonds. The summed E-state index contributed by atoms with van der Waals surface area (Å²) < 4.78 is 5.51. The molecule has 22 heavy (non-hydrogen) atoms. The number of carbonyl (C=O) groups is 2. The molecule has 0 saturated carbocycles. The van der Waals surface area contributed by atoms with E-state index in [9.17, 15) is 9.59 Å². The number of rotatable bonds is 7. The average Bonchev–Trinajstić information content (AvgIpc) is 2.59. The van der Waals surface area contributed by atoms with E-state index in [1.54, 1.807) is 41.9 Å². The van der Waals surface area contributed by atoms with Gasteiger partial charge in [-0.25, -0.2) is 5.48 Å². The molecular formula is C17H17NO4. The largest absolute Gasteiger partial charge is 0.494 e. The second-order valence-electron chi connectivity index (χ2n) is 4.71. The van der Waals surface area contributed by atoms with Crippen molar-refractivity contribution in [1.82, 2.24) is 5.48 Å². The molecule has 5 nitrogen and oxygen atoms in total. The number of Topliss-reactive ketones (excluding diaryl/α,β-unsaturated/α-hetero) is 1. The first-order chi connectivity index (χ1) is 10.7. The van der Waals surface area contributed by atoms with E-state index in [0.717, 1.165) is 0 Å². The van der Waals surface area contributed by atoms with Gasteiger partial charge in [-0.15, -0.1) is 0 Å². The Morgan fingerprint density at radius 2 is 1.64 bits per heavy atom. The number of hydrogen-bond donors (Lipinski definition) is 2. The minimum atomic E-state index is -0.569. The first-order valence-electron chi connectivity index (χ1n) is 6.96. The molecule has 0 aromatic heterocycles. The normalized spacial score (nSPS) is 10.0. The van der Waals surface area contributed by atoms with Crippen molar-refractivity contribution < 1.29 is 19.5 Å². The van der Waals surface area contributed by atoms with Crippen molar-refractivity contribution in [2.45, 2.75) is 12.8 Å². The van der Waals surface area contributed by atoms with Crippen molar-refractivity contribution >= 4 is 11.7 Å². The maximum atomic E-state index is 11.9. The van der Waals surface area contributed by atoms with Gasteiger partial charge in [0.25, 0.3) is 5.91 Å². The average molecular weight is 299 g/mol. The summed E-state index contributed by atoms with van der Waals surface area (Å²) in [5.74, 6) is 0.140. The monoisotopic (exact) mass is 299 g/mol. The van der Waals surface area contributed by atoms with E-state index in [1.807, 2.05) is 18.2 Å². The lowest BCUT2D eigenvalue weighted by atomic mass is 10.1. The fraction of sp³-hybridized carbons (Fsp3) is 0.176. The standard InChI is InChI=1S/C17H17NO4/c19-16(13-5-2-1-3-6-13)7-4-12-22-15-10-8-14(9-11-15)17(20)18-21/h1-3,5-6,8-11,21H,4,7,12H2,(H,18,20). The van der Waals surface area contributed by atoms with Gasteiger partial charge in [0, 0.05) is 17.5 Å². The highest BCUT2D eigenvalue weighted by molar-refractivity contribution is 5.96. The highest BCUT2D eigenvalue weighted by atomic mass is 16.5. The van der Waals surface area contributed by atoms with Crippen LogP contribution in [0.1, 0.15) is 33.6 Å². The predicted octanol–water partition coefficient (Wildman–Crippen LogP) is 2.85. The van der Waals surface area contributed by atoms with Crippen LogP contribution in [0.5, 0.6) is 5.75 Å². The van der Waals surface area contributed by atoms with Gasteiger partial charge in [0.2, 0.25) is 0 Å². The number of benzene rings is 2. The first kappa shape index (κ1) is 15.7. The van der Waals surface area contributed by atoms with Crippen molar-refractivity contribution in [2.75, 3.05) is 6.61 Å². The van der Waals surface area contributed by atoms with Gasteiger partial charge in [-0.3, -0.25) is 14.8 Å². The van der Waals surface area contributed by atoms with Crippen molar-refractivity contribution in [2.24, 2.45) is 0 Å². The van der Waals surface area contributed by atoms with Crippen LogP contribution in [0.3, 0.4) is 0 Å². The molecule has 0 atom stereocenters. The minimum Gasteiger partial charge on any atom is -0.494 e. The van der Waals surface area contributed by atoms with E-state index >= 15 is 0 Å². The molecule has 5 heteroatoms. The van der Waals surface area contributed by atoms with Crippen molar-refractivity contribution in [1.29, 1.82) is 0 Å². The molecule has 0 unspecified atom stereocenters. The summed E-state index contributed by atoms with van der Waals surface area (Å²) in [7, 11) is 0. The van der Waals surface area contributed by atoms with Gasteiger partial charge >= 0.3 is 0 Å². The number of ether oxygens (including phenoxy) is 1. The zero-order valence-electron chi connectivity index (χ0n) is 12.0. The van der Waals surface area contributed by atoms with Crippen LogP contribution >= 0.6 is 0 Å². The summed E-state index contributed by atoms with van der Waals surface area (Å²) in [6.07, 6.45) is 1.04. The maximum Gasteiger partial charge on any atom is 0.274 e. The lowest BCUT2D eigenvalue weighted by molar-refractivity contribution is 0.0706. The van der Waals surface area contributed by atoms with Gasteiger partial charge in [0.15, 0.2) is 5.78 Å². The molecule has 0 radical (unpaired) electrons. The van der Waals surface area contributed by atoms with Gasteiger partial charge in [-0.2, -0.15) is 0 Å². The van der Waals surface area contributed by atoms with E-state index in [4.69, 9.17) is 9.94 Å². The highest BCUT2D eigenvalue weighted by Gasteiger charge is 2.06. The van der Waals surface area contributed by atoms with Crippen LogP contribution in [0.4, 0.5) is 0 Å². The second-order valence-corrected chi connectivity index (χ2v) is 4.71. The smallest absolute Gasteiger partial charge is 0.274 e. The molecule has 0 spiro atoms. The summed E-state index contributed by atoms with van der Waals surface area (Å²) >= 11 is 0. The van der Waals surface area contributed by atoms with Gasteiger partial charge in [-0.1, -0.05) is 30.3 Å². The molecule has 0 aliphatic heterocycles. The van der Waals surface area contributed by atoms with Gasteiger partial charge in [0.05, 0.1) is 6.61 Å². The number of amides is 1. The van der Waals surface area contributed by atoms with Crippen LogP contribution in [0.2, 0.25) is 0 Å². The zero-order chi connectivity index (χ0) is 15.8. The topological polar surface area (TPSA) is 75.6 Å². The van der Waals surface area contributed by atoms with Crippen LogP contribution < -0.4 is 10.2 Å². The molecule has 0 fully saturated rings. The molecule has 2 aromatic rings. The third-order valence-electron chi connectivity index (χ3n) is 3.13. The molecule has 2 aromatic carbocycles. The van der Waals surface area contributed by atoms with E-state index in [2.05, 4.69) is 0 Å². The molecule has 0 aliphatic carbocycles. The van der Waals surface area contributed by atoms with E-state index in [1.165, 1.54) is 0 Å². The molecule has 114 valence electrons. The Morgan fingerprint density at radius 1 is 0.955 bits per heavy atom. The van der Waals surface area contributed by atoms with Crippen LogP contribution in [-0.2, 0) is 0 Å². The summed E-state index contributed by atoms with van der Waals surface area (Å²) in [5.41, 5.74) is 2.62. The lowest BCUT2D eigenvalue weighted by Crippen LogP contribution is -2.18. The number of ketones is 1. The minimum absolute atomic E-state index is 0.0964. The van der Waals surface area contributed by atoms with Gasteiger partial charge < -0.3 is 4.74 Å². The third kappa shape index (κ3) is 4.43. The van der Waals surface area contributed by atoms with E-state index in [-0.39, 0.29) is 5.78 Å². The lowest BCUT2D eigenvalue weighted by Gasteiger charge is -2.06. The molecule has 0 bridgehead atoms. The zero-order valence-corrected chi connectivity index (χ0v) is 12.0. The van der Waals surface area contributed by atoms with Crippen molar-refractivity contribution in [3.63, 3.8) is 0 Å². The summed E-state index contributed by atoms with van der Waals surface area (Å²) in [4.78, 5) is 23.0. The Hall–Kier alpha value is -2.66. The fourth-order valence-corrected chi connectivity index (χ4v) is 1.96. The van der Waals surface area contributed by atoms with Crippen LogP contribution in [0.15, 0.2) is 54.6 Å². The maximum absolute atomic E-state index is 11.9. The van der Waals surface area contributed by atoms with Crippen LogP contribution in [0.25, 0.3) is 0 Å². The quantitative estimate of drug-likeness (QED) is 0.357. The van der Waals surface area contributed by atoms with Crippen LogP contribution in [-0.4, -0.2) is 23.5 Å². The molecule has 2 N–H and O–H groups in total. The van der Waals surface area contributed by atoms with E-state index in [0.29, 0.717) is 36.3 Å². The van der Waals surface area contributed by atoms with Crippen molar-refractivity contribution in [3.05, 3.63) is 65.7 Å². The fourth-order valence-electron chi connectivity index (χ4n) is 1.96. The summed E-state index contributed by atoms with van der Waals surface area (Å²) in [6, 6.07) is 15.5.